The summed E-state index contributed by atoms with van der Waals surface area (Å²) in [7, 11) is -4.60. The van der Waals surface area contributed by atoms with Crippen LogP contribution in [-0.2, 0) is 32.7 Å². The van der Waals surface area contributed by atoms with Crippen LogP contribution in [0.5, 0.6) is 0 Å². The van der Waals surface area contributed by atoms with Crippen LogP contribution in [0.15, 0.2) is 60.8 Å². The van der Waals surface area contributed by atoms with Crippen LogP contribution in [0.3, 0.4) is 0 Å². The Morgan fingerprint density at radius 2 is 1.14 bits per heavy atom. The van der Waals surface area contributed by atoms with Crippen LogP contribution in [0.4, 0.5) is 0 Å². The molecule has 210 valence electrons. The monoisotopic (exact) mass is 544 g/mol. The second kappa shape index (κ2) is 22.8. The number of carbonyl (C=O) groups excluding carboxylic acids is 2. The van der Waals surface area contributed by atoms with Crippen LogP contribution in [0.1, 0.15) is 52.4 Å². The zero-order valence-electron chi connectivity index (χ0n) is 21.6. The normalized spacial score (nSPS) is 15.7. The maximum atomic E-state index is 11.9. The first-order chi connectivity index (χ1) is 17.7. The summed E-state index contributed by atoms with van der Waals surface area (Å²) in [4.78, 5) is 32.5. The highest BCUT2D eigenvalue weighted by Gasteiger charge is 2.27. The summed E-state index contributed by atoms with van der Waals surface area (Å²) in [5.74, 6) is -1.34. The van der Waals surface area contributed by atoms with E-state index in [1.165, 1.54) is 0 Å². The molecule has 3 unspecified atom stereocenters. The molecule has 0 rings (SSSR count). The van der Waals surface area contributed by atoms with E-state index in [1.807, 2.05) is 12.2 Å². The molecule has 0 amide bonds. The van der Waals surface area contributed by atoms with E-state index in [4.69, 9.17) is 14.4 Å². The van der Waals surface area contributed by atoms with Crippen LogP contribution in [-0.4, -0.2) is 65.7 Å². The third kappa shape index (κ3) is 22.6. The van der Waals surface area contributed by atoms with Crippen molar-refractivity contribution in [1.82, 2.24) is 0 Å². The average molecular weight is 545 g/mol. The molecule has 11 heteroatoms. The number of aliphatic hydroxyl groups excluding tert-OH is 2. The van der Waals surface area contributed by atoms with Gasteiger partial charge in [0.1, 0.15) is 12.2 Å². The Morgan fingerprint density at radius 1 is 0.730 bits per heavy atom. The molecule has 10 nitrogen and oxygen atoms in total. The maximum Gasteiger partial charge on any atom is 0.472 e. The van der Waals surface area contributed by atoms with E-state index in [-0.39, 0.29) is 6.42 Å². The Bertz CT molecular complexity index is 816. The highest BCUT2D eigenvalue weighted by atomic mass is 31.2. The smallest absolute Gasteiger partial charge is 0.458 e. The van der Waals surface area contributed by atoms with Crippen molar-refractivity contribution in [3.05, 3.63) is 60.8 Å². The van der Waals surface area contributed by atoms with Gasteiger partial charge >= 0.3 is 19.8 Å². The Kier molecular flexibility index (Phi) is 21.4. The van der Waals surface area contributed by atoms with Crippen molar-refractivity contribution in [2.75, 3.05) is 26.4 Å². The predicted molar refractivity (Wildman–Crippen MR) is 140 cm³/mol. The van der Waals surface area contributed by atoms with Gasteiger partial charge in [0.25, 0.3) is 0 Å². The molecular formula is C26H41O10P. The summed E-state index contributed by atoms with van der Waals surface area (Å²) in [5, 5.41) is 18.4. The molecule has 0 fully saturated rings. The molecule has 0 aliphatic heterocycles. The van der Waals surface area contributed by atoms with Crippen LogP contribution in [0.2, 0.25) is 0 Å². The molecule has 0 bridgehead atoms. The molecule has 0 saturated carbocycles. The lowest BCUT2D eigenvalue weighted by molar-refractivity contribution is -0.152. The number of esters is 2. The minimum Gasteiger partial charge on any atom is -0.458 e. The van der Waals surface area contributed by atoms with Crippen LogP contribution >= 0.6 is 7.82 Å². The van der Waals surface area contributed by atoms with Gasteiger partial charge in [-0.15, -0.1) is 0 Å². The zero-order valence-corrected chi connectivity index (χ0v) is 22.5. The summed E-state index contributed by atoms with van der Waals surface area (Å²) in [5.41, 5.74) is 0. The van der Waals surface area contributed by atoms with Crippen molar-refractivity contribution in [3.8, 4) is 0 Å². The molecule has 0 heterocycles. The lowest BCUT2D eigenvalue weighted by Gasteiger charge is -2.19. The Hall–Kier alpha value is -2.33. The van der Waals surface area contributed by atoms with Gasteiger partial charge in [-0.3, -0.25) is 18.6 Å². The van der Waals surface area contributed by atoms with Gasteiger partial charge in [0.15, 0.2) is 0 Å². The van der Waals surface area contributed by atoms with E-state index in [0.717, 1.165) is 32.6 Å². The molecule has 0 aliphatic rings. The number of rotatable bonds is 21. The van der Waals surface area contributed by atoms with Crippen LogP contribution in [0, 0.1) is 0 Å². The number of hydrogen-bond donors (Lipinski definition) is 3. The summed E-state index contributed by atoms with van der Waals surface area (Å²) in [6.07, 6.45) is 22.2. The molecule has 0 aliphatic carbocycles. The lowest BCUT2D eigenvalue weighted by Crippen LogP contribution is -2.28. The highest BCUT2D eigenvalue weighted by molar-refractivity contribution is 7.47. The number of hydrogen-bond acceptors (Lipinski definition) is 9. The molecule has 0 aromatic rings. The standard InChI is InChI=1S/C26H41O10P/c1-3-4-5-6-7-8-9-10-11-12-13-14-15-16-17-18-26(30)36-25(20-28)22-34-37(31,32)33-21-24(19-27)35-23(2)29/h4-5,7-8,10-11,13-14,16-17,24-25,27-28H,3,6,9,12,15,18-22H2,1-2H3,(H,31,32)/b5-4-,8-7-,11-10-,14-13-,17-16-. The maximum absolute atomic E-state index is 11.9. The van der Waals surface area contributed by atoms with E-state index in [1.54, 1.807) is 12.2 Å². The second-order valence-corrected chi connectivity index (χ2v) is 9.13. The number of aliphatic hydroxyl groups is 2. The number of ether oxygens (including phenoxy) is 2. The van der Waals surface area contributed by atoms with Gasteiger partial charge in [-0.2, -0.15) is 0 Å². The van der Waals surface area contributed by atoms with Crippen molar-refractivity contribution in [3.63, 3.8) is 0 Å². The molecule has 0 saturated heterocycles. The number of allylic oxidation sites excluding steroid dienone is 9. The fourth-order valence-corrected chi connectivity index (χ4v) is 3.32. The summed E-state index contributed by atoms with van der Waals surface area (Å²) in [6.45, 7) is 0.782. The molecular weight excluding hydrogens is 503 g/mol. The Morgan fingerprint density at radius 3 is 1.54 bits per heavy atom. The minimum atomic E-state index is -4.60. The van der Waals surface area contributed by atoms with Gasteiger partial charge < -0.3 is 24.6 Å². The van der Waals surface area contributed by atoms with Crippen LogP contribution < -0.4 is 0 Å². The van der Waals surface area contributed by atoms with Gasteiger partial charge in [-0.1, -0.05) is 67.7 Å². The van der Waals surface area contributed by atoms with E-state index in [0.29, 0.717) is 6.42 Å². The van der Waals surface area contributed by atoms with E-state index >= 15 is 0 Å². The van der Waals surface area contributed by atoms with Gasteiger partial charge in [-0.05, 0) is 32.1 Å². The SMILES string of the molecule is CC/C=C\C/C=C\C/C=C\C/C=C\C/C=C\CC(=O)OC(CO)COP(=O)(O)OCC(CO)OC(C)=O. The topological polar surface area (TPSA) is 149 Å². The van der Waals surface area contributed by atoms with Crippen molar-refractivity contribution < 1.29 is 47.8 Å². The molecule has 3 atom stereocenters. The average Bonchev–Trinajstić information content (AvgIpc) is 2.86. The summed E-state index contributed by atoms with van der Waals surface area (Å²) < 4.78 is 30.9. The van der Waals surface area contributed by atoms with E-state index < -0.39 is 58.4 Å². The highest BCUT2D eigenvalue weighted by Crippen LogP contribution is 2.43. The van der Waals surface area contributed by atoms with E-state index in [2.05, 4.69) is 52.6 Å². The van der Waals surface area contributed by atoms with Crippen molar-refractivity contribution in [1.29, 1.82) is 0 Å². The zero-order chi connectivity index (χ0) is 27.8. The van der Waals surface area contributed by atoms with Crippen molar-refractivity contribution in [2.24, 2.45) is 0 Å². The molecule has 37 heavy (non-hydrogen) atoms. The first-order valence-electron chi connectivity index (χ1n) is 12.2. The van der Waals surface area contributed by atoms with Crippen molar-refractivity contribution >= 4 is 19.8 Å². The second-order valence-electron chi connectivity index (χ2n) is 7.68. The first kappa shape index (κ1) is 34.7. The van der Waals surface area contributed by atoms with Gasteiger partial charge in [0.2, 0.25) is 0 Å². The fourth-order valence-electron chi connectivity index (χ4n) is 2.54. The summed E-state index contributed by atoms with van der Waals surface area (Å²) >= 11 is 0. The molecule has 0 spiro atoms. The number of carbonyl (C=O) groups is 2. The molecule has 0 aromatic heterocycles. The molecule has 3 N–H and O–H groups in total. The Labute approximate surface area is 219 Å². The molecule has 0 aromatic carbocycles. The van der Waals surface area contributed by atoms with E-state index in [9.17, 15) is 24.2 Å². The third-order valence-corrected chi connectivity index (χ3v) is 5.28. The quantitative estimate of drug-likeness (QED) is 0.110. The van der Waals surface area contributed by atoms with Gasteiger partial charge in [0.05, 0.1) is 32.8 Å². The molecule has 0 radical (unpaired) electrons. The minimum absolute atomic E-state index is 0.0438. The Balaban J connectivity index is 4.14. The van der Waals surface area contributed by atoms with Gasteiger partial charge in [0, 0.05) is 6.92 Å². The number of phosphoric acid groups is 1. The lowest BCUT2D eigenvalue weighted by atomic mass is 10.2. The van der Waals surface area contributed by atoms with Gasteiger partial charge in [-0.25, -0.2) is 4.57 Å². The fraction of sp³-hybridized carbons (Fsp3) is 0.538. The largest absolute Gasteiger partial charge is 0.472 e. The predicted octanol–water partition coefficient (Wildman–Crippen LogP) is 4.09. The third-order valence-electron chi connectivity index (χ3n) is 4.33. The number of phosphoric ester groups is 1. The van der Waals surface area contributed by atoms with Crippen molar-refractivity contribution in [2.45, 2.75) is 64.6 Å². The summed E-state index contributed by atoms with van der Waals surface area (Å²) in [6, 6.07) is 0. The first-order valence-corrected chi connectivity index (χ1v) is 13.7. The van der Waals surface area contributed by atoms with Crippen LogP contribution in [0.25, 0.3) is 0 Å².